The summed E-state index contributed by atoms with van der Waals surface area (Å²) < 4.78 is 29.2. The molecule has 0 radical (unpaired) electrons. The summed E-state index contributed by atoms with van der Waals surface area (Å²) in [7, 11) is -4.12. The normalized spacial score (nSPS) is 12.6. The van der Waals surface area contributed by atoms with E-state index in [1.54, 1.807) is 54.6 Å². The highest BCUT2D eigenvalue weighted by atomic mass is 32.2. The molecular formula is C36H41N3O4S. The van der Waals surface area contributed by atoms with E-state index in [4.69, 9.17) is 0 Å². The number of nitrogens with one attached hydrogen (secondary N) is 1. The molecule has 4 aromatic rings. The average Bonchev–Trinajstić information content (AvgIpc) is 3.03. The van der Waals surface area contributed by atoms with Crippen LogP contribution in [0.5, 0.6) is 0 Å². The van der Waals surface area contributed by atoms with Crippen LogP contribution in [0.15, 0.2) is 114 Å². The van der Waals surface area contributed by atoms with Crippen LogP contribution in [-0.4, -0.2) is 43.8 Å². The Kier molecular flexibility index (Phi) is 11.0. The van der Waals surface area contributed by atoms with Crippen molar-refractivity contribution >= 4 is 27.5 Å². The molecule has 0 aliphatic rings. The maximum atomic E-state index is 14.5. The highest BCUT2D eigenvalue weighted by Crippen LogP contribution is 2.25. The SMILES string of the molecule is CCC(C)NC(=O)C(Cc1ccccc1)N(Cc1ccc(C)cc1)C(=O)CN(c1ccccc1)S(=O)(=O)c1ccc(C)cc1. The maximum Gasteiger partial charge on any atom is 0.264 e. The van der Waals surface area contributed by atoms with Crippen LogP contribution in [0.1, 0.15) is 42.5 Å². The number of carbonyl (C=O) groups excluding carboxylic acids is 2. The second-order valence-corrected chi connectivity index (χ2v) is 13.1. The van der Waals surface area contributed by atoms with Crippen LogP contribution in [-0.2, 0) is 32.6 Å². The number of carbonyl (C=O) groups is 2. The van der Waals surface area contributed by atoms with Gasteiger partial charge in [-0.05, 0) is 62.6 Å². The third-order valence-corrected chi connectivity index (χ3v) is 9.47. The monoisotopic (exact) mass is 611 g/mol. The molecule has 0 aliphatic carbocycles. The minimum absolute atomic E-state index is 0.0835. The van der Waals surface area contributed by atoms with Crippen LogP contribution in [0.4, 0.5) is 5.69 Å². The lowest BCUT2D eigenvalue weighted by Crippen LogP contribution is -2.54. The van der Waals surface area contributed by atoms with E-state index < -0.39 is 28.5 Å². The molecule has 4 aromatic carbocycles. The molecule has 0 spiro atoms. The van der Waals surface area contributed by atoms with E-state index in [1.807, 2.05) is 82.3 Å². The summed E-state index contributed by atoms with van der Waals surface area (Å²) in [6.07, 6.45) is 1.00. The van der Waals surface area contributed by atoms with Crippen molar-refractivity contribution in [1.29, 1.82) is 0 Å². The van der Waals surface area contributed by atoms with Crippen LogP contribution in [0, 0.1) is 13.8 Å². The van der Waals surface area contributed by atoms with Gasteiger partial charge >= 0.3 is 0 Å². The Labute approximate surface area is 261 Å². The summed E-state index contributed by atoms with van der Waals surface area (Å²) in [5.74, 6) is -0.762. The lowest BCUT2D eigenvalue weighted by Gasteiger charge is -2.34. The van der Waals surface area contributed by atoms with Gasteiger partial charge in [0.2, 0.25) is 11.8 Å². The predicted molar refractivity (Wildman–Crippen MR) is 176 cm³/mol. The third-order valence-electron chi connectivity index (χ3n) is 7.68. The van der Waals surface area contributed by atoms with E-state index in [0.717, 1.165) is 33.0 Å². The fraction of sp³-hybridized carbons (Fsp3) is 0.278. The van der Waals surface area contributed by atoms with Crippen molar-refractivity contribution in [3.05, 3.63) is 131 Å². The zero-order chi connectivity index (χ0) is 31.7. The van der Waals surface area contributed by atoms with Gasteiger partial charge in [-0.1, -0.05) is 103 Å². The fourth-order valence-corrected chi connectivity index (χ4v) is 6.26. The van der Waals surface area contributed by atoms with Crippen LogP contribution < -0.4 is 9.62 Å². The lowest BCUT2D eigenvalue weighted by molar-refractivity contribution is -0.140. The Morgan fingerprint density at radius 1 is 0.750 bits per heavy atom. The third kappa shape index (κ3) is 8.35. The molecule has 7 nitrogen and oxygen atoms in total. The summed E-state index contributed by atoms with van der Waals surface area (Å²) in [5.41, 5.74) is 4.09. The second kappa shape index (κ2) is 14.8. The molecule has 0 saturated heterocycles. The van der Waals surface area contributed by atoms with Crippen molar-refractivity contribution in [3.63, 3.8) is 0 Å². The van der Waals surface area contributed by atoms with E-state index >= 15 is 0 Å². The molecule has 0 heterocycles. The standard InChI is InChI=1S/C36H41N3O4S/c1-5-29(4)37-36(41)34(24-30-12-8-6-9-13-30)38(25-31-20-16-27(2)17-21-31)35(40)26-39(32-14-10-7-11-15-32)44(42,43)33-22-18-28(3)19-23-33/h6-23,29,34H,5,24-26H2,1-4H3,(H,37,41). The molecule has 0 bridgehead atoms. The molecule has 230 valence electrons. The highest BCUT2D eigenvalue weighted by Gasteiger charge is 2.34. The molecule has 8 heteroatoms. The van der Waals surface area contributed by atoms with Gasteiger partial charge in [0.25, 0.3) is 10.0 Å². The quantitative estimate of drug-likeness (QED) is 0.199. The van der Waals surface area contributed by atoms with Gasteiger partial charge < -0.3 is 10.2 Å². The number of para-hydroxylation sites is 1. The van der Waals surface area contributed by atoms with Crippen molar-refractivity contribution in [1.82, 2.24) is 10.2 Å². The maximum absolute atomic E-state index is 14.5. The van der Waals surface area contributed by atoms with Crippen molar-refractivity contribution in [2.75, 3.05) is 10.8 Å². The van der Waals surface area contributed by atoms with Crippen molar-refractivity contribution in [2.45, 2.75) is 64.1 Å². The number of aryl methyl sites for hydroxylation is 2. The van der Waals surface area contributed by atoms with Gasteiger partial charge in [0.1, 0.15) is 12.6 Å². The molecule has 0 aromatic heterocycles. The minimum atomic E-state index is -4.12. The minimum Gasteiger partial charge on any atom is -0.352 e. The number of nitrogens with zero attached hydrogens (tertiary/aromatic N) is 2. The Morgan fingerprint density at radius 3 is 1.86 bits per heavy atom. The Balaban J connectivity index is 1.78. The number of hydrogen-bond donors (Lipinski definition) is 1. The van der Waals surface area contributed by atoms with Gasteiger partial charge in [0.15, 0.2) is 0 Å². The molecule has 4 rings (SSSR count). The van der Waals surface area contributed by atoms with E-state index in [-0.39, 0.29) is 29.8 Å². The van der Waals surface area contributed by atoms with E-state index in [9.17, 15) is 18.0 Å². The smallest absolute Gasteiger partial charge is 0.264 e. The number of rotatable bonds is 13. The number of hydrogen-bond acceptors (Lipinski definition) is 4. The molecule has 44 heavy (non-hydrogen) atoms. The van der Waals surface area contributed by atoms with Gasteiger partial charge in [0, 0.05) is 19.0 Å². The number of sulfonamides is 1. The molecule has 0 fully saturated rings. The first kappa shape index (κ1) is 32.5. The first-order valence-electron chi connectivity index (χ1n) is 14.9. The van der Waals surface area contributed by atoms with Gasteiger partial charge in [-0.3, -0.25) is 13.9 Å². The van der Waals surface area contributed by atoms with E-state index in [0.29, 0.717) is 5.69 Å². The summed E-state index contributed by atoms with van der Waals surface area (Å²) in [4.78, 5) is 29.9. The highest BCUT2D eigenvalue weighted by molar-refractivity contribution is 7.92. The van der Waals surface area contributed by atoms with Crippen LogP contribution >= 0.6 is 0 Å². The first-order valence-corrected chi connectivity index (χ1v) is 16.4. The lowest BCUT2D eigenvalue weighted by atomic mass is 10.0. The molecule has 0 saturated carbocycles. The Hall–Kier alpha value is -4.43. The van der Waals surface area contributed by atoms with Crippen molar-refractivity contribution < 1.29 is 18.0 Å². The Bertz CT molecular complexity index is 1620. The molecule has 2 amide bonds. The molecule has 1 N–H and O–H groups in total. The zero-order valence-corrected chi connectivity index (χ0v) is 26.6. The number of amides is 2. The summed E-state index contributed by atoms with van der Waals surface area (Å²) in [6.45, 7) is 7.44. The summed E-state index contributed by atoms with van der Waals surface area (Å²) >= 11 is 0. The topological polar surface area (TPSA) is 86.8 Å². The summed E-state index contributed by atoms with van der Waals surface area (Å²) in [5, 5.41) is 3.06. The Morgan fingerprint density at radius 2 is 1.30 bits per heavy atom. The largest absolute Gasteiger partial charge is 0.352 e. The number of benzene rings is 4. The zero-order valence-electron chi connectivity index (χ0n) is 25.8. The van der Waals surface area contributed by atoms with Gasteiger partial charge in [-0.15, -0.1) is 0 Å². The van der Waals surface area contributed by atoms with Gasteiger partial charge in [-0.2, -0.15) is 0 Å². The van der Waals surface area contributed by atoms with E-state index in [1.165, 1.54) is 4.90 Å². The summed E-state index contributed by atoms with van der Waals surface area (Å²) in [6, 6.07) is 31.5. The van der Waals surface area contributed by atoms with Crippen LogP contribution in [0.2, 0.25) is 0 Å². The van der Waals surface area contributed by atoms with Crippen molar-refractivity contribution in [2.24, 2.45) is 0 Å². The molecule has 2 unspecified atom stereocenters. The fourth-order valence-electron chi connectivity index (χ4n) is 4.85. The van der Waals surface area contributed by atoms with Gasteiger partial charge in [-0.25, -0.2) is 8.42 Å². The van der Waals surface area contributed by atoms with Crippen LogP contribution in [0.3, 0.4) is 0 Å². The first-order chi connectivity index (χ1) is 21.1. The molecular weight excluding hydrogens is 570 g/mol. The van der Waals surface area contributed by atoms with Crippen molar-refractivity contribution in [3.8, 4) is 0 Å². The second-order valence-electron chi connectivity index (χ2n) is 11.2. The predicted octanol–water partition coefficient (Wildman–Crippen LogP) is 6.05. The number of anilines is 1. The molecule has 2 atom stereocenters. The van der Waals surface area contributed by atoms with Crippen LogP contribution in [0.25, 0.3) is 0 Å². The molecule has 0 aliphatic heterocycles. The average molecular weight is 612 g/mol. The van der Waals surface area contributed by atoms with E-state index in [2.05, 4.69) is 5.32 Å². The van der Waals surface area contributed by atoms with Gasteiger partial charge in [0.05, 0.1) is 10.6 Å².